The Hall–Kier alpha value is -0.280. The number of halogens is 2. The van der Waals surface area contributed by atoms with Gasteiger partial charge in [0.2, 0.25) is 0 Å². The minimum atomic E-state index is -0.484. The fourth-order valence-corrected chi connectivity index (χ4v) is 1.52. The van der Waals surface area contributed by atoms with E-state index in [4.69, 9.17) is 23.2 Å². The first-order valence-corrected chi connectivity index (χ1v) is 5.08. The predicted octanol–water partition coefficient (Wildman–Crippen LogP) is 2.76. The van der Waals surface area contributed by atoms with Crippen LogP contribution in [0.2, 0.25) is 10.0 Å². The second kappa shape index (κ2) is 4.99. The third kappa shape index (κ3) is 3.14. The van der Waals surface area contributed by atoms with Gasteiger partial charge in [0.15, 0.2) is 0 Å². The lowest BCUT2D eigenvalue weighted by atomic mass is 10.2. The van der Waals surface area contributed by atoms with E-state index in [1.54, 1.807) is 24.0 Å². The molecule has 4 heteroatoms. The summed E-state index contributed by atoms with van der Waals surface area (Å²) in [5.74, 6) is 0. The molecule has 0 aromatic heterocycles. The maximum Gasteiger partial charge on any atom is 0.104 e. The van der Waals surface area contributed by atoms with Crippen molar-refractivity contribution in [3.8, 4) is 0 Å². The third-order valence-corrected chi connectivity index (χ3v) is 2.66. The van der Waals surface area contributed by atoms with E-state index in [9.17, 15) is 5.11 Å². The largest absolute Gasteiger partial charge is 0.379 e. The molecular weight excluding hydrogens is 221 g/mol. The standard InChI is InChI=1S/C10H13Cl2NO/c1-7(14)13(2)6-8-3-4-9(11)5-10(8)12/h3-5,7,14H,6H2,1-2H3. The molecule has 2 nitrogen and oxygen atoms in total. The average Bonchev–Trinajstić information content (AvgIpc) is 2.09. The highest BCUT2D eigenvalue weighted by Crippen LogP contribution is 2.22. The second-order valence-corrected chi connectivity index (χ2v) is 4.13. The van der Waals surface area contributed by atoms with E-state index in [0.717, 1.165) is 5.56 Å². The van der Waals surface area contributed by atoms with Crippen LogP contribution in [0.5, 0.6) is 0 Å². The van der Waals surface area contributed by atoms with Crippen LogP contribution in [0.15, 0.2) is 18.2 Å². The fourth-order valence-electron chi connectivity index (χ4n) is 1.05. The molecular formula is C10H13Cl2NO. The molecule has 1 atom stereocenters. The van der Waals surface area contributed by atoms with Crippen LogP contribution in [0.4, 0.5) is 0 Å². The summed E-state index contributed by atoms with van der Waals surface area (Å²) < 4.78 is 0. The molecule has 78 valence electrons. The molecule has 0 saturated carbocycles. The summed E-state index contributed by atoms with van der Waals surface area (Å²) in [4.78, 5) is 1.79. The van der Waals surface area contributed by atoms with Gasteiger partial charge in [-0.15, -0.1) is 0 Å². The predicted molar refractivity (Wildman–Crippen MR) is 59.6 cm³/mol. The Morgan fingerprint density at radius 2 is 2.07 bits per heavy atom. The molecule has 0 aliphatic carbocycles. The Balaban J connectivity index is 2.77. The number of hydrogen-bond donors (Lipinski definition) is 1. The van der Waals surface area contributed by atoms with E-state index in [1.165, 1.54) is 0 Å². The molecule has 1 unspecified atom stereocenters. The summed E-state index contributed by atoms with van der Waals surface area (Å²) in [5, 5.41) is 10.5. The quantitative estimate of drug-likeness (QED) is 0.813. The molecule has 0 bridgehead atoms. The van der Waals surface area contributed by atoms with Crippen molar-refractivity contribution in [2.24, 2.45) is 0 Å². The molecule has 14 heavy (non-hydrogen) atoms. The number of rotatable bonds is 3. The van der Waals surface area contributed by atoms with Crippen molar-refractivity contribution in [2.45, 2.75) is 19.7 Å². The average molecular weight is 234 g/mol. The van der Waals surface area contributed by atoms with Crippen molar-refractivity contribution in [3.05, 3.63) is 33.8 Å². The van der Waals surface area contributed by atoms with Gasteiger partial charge < -0.3 is 5.11 Å². The Morgan fingerprint density at radius 3 is 2.57 bits per heavy atom. The lowest BCUT2D eigenvalue weighted by Gasteiger charge is -2.20. The Labute approximate surface area is 94.1 Å². The second-order valence-electron chi connectivity index (χ2n) is 3.28. The molecule has 0 aliphatic rings. The van der Waals surface area contributed by atoms with E-state index in [1.807, 2.05) is 13.1 Å². The molecule has 0 amide bonds. The van der Waals surface area contributed by atoms with E-state index in [0.29, 0.717) is 16.6 Å². The molecule has 0 fully saturated rings. The van der Waals surface area contributed by atoms with Crippen LogP contribution in [0.3, 0.4) is 0 Å². The van der Waals surface area contributed by atoms with Gasteiger partial charge in [-0.05, 0) is 31.7 Å². The van der Waals surface area contributed by atoms with Crippen molar-refractivity contribution in [1.29, 1.82) is 0 Å². The van der Waals surface area contributed by atoms with E-state index < -0.39 is 6.23 Å². The molecule has 1 N–H and O–H groups in total. The van der Waals surface area contributed by atoms with Crippen LogP contribution in [-0.4, -0.2) is 23.3 Å². The first-order valence-electron chi connectivity index (χ1n) is 4.33. The van der Waals surface area contributed by atoms with Gasteiger partial charge in [0, 0.05) is 16.6 Å². The van der Waals surface area contributed by atoms with Crippen molar-refractivity contribution >= 4 is 23.2 Å². The van der Waals surface area contributed by atoms with Gasteiger partial charge in [0.05, 0.1) is 0 Å². The molecule has 1 aromatic carbocycles. The Morgan fingerprint density at radius 1 is 1.43 bits per heavy atom. The maximum atomic E-state index is 9.28. The first kappa shape index (κ1) is 11.8. The zero-order chi connectivity index (χ0) is 10.7. The van der Waals surface area contributed by atoms with Gasteiger partial charge in [-0.3, -0.25) is 4.90 Å². The number of benzene rings is 1. The SMILES string of the molecule is CC(O)N(C)Cc1ccc(Cl)cc1Cl. The van der Waals surface area contributed by atoms with E-state index in [2.05, 4.69) is 0 Å². The fraction of sp³-hybridized carbons (Fsp3) is 0.400. The third-order valence-electron chi connectivity index (χ3n) is 2.07. The lowest BCUT2D eigenvalue weighted by Crippen LogP contribution is -2.27. The van der Waals surface area contributed by atoms with Gasteiger partial charge >= 0.3 is 0 Å². The van der Waals surface area contributed by atoms with Gasteiger partial charge in [0.25, 0.3) is 0 Å². The minimum Gasteiger partial charge on any atom is -0.379 e. The number of nitrogens with zero attached hydrogens (tertiary/aromatic N) is 1. The van der Waals surface area contributed by atoms with Crippen LogP contribution >= 0.6 is 23.2 Å². The van der Waals surface area contributed by atoms with Crippen LogP contribution in [-0.2, 0) is 6.54 Å². The molecule has 0 spiro atoms. The van der Waals surface area contributed by atoms with Crippen molar-refractivity contribution in [3.63, 3.8) is 0 Å². The summed E-state index contributed by atoms with van der Waals surface area (Å²) in [6.07, 6.45) is -0.484. The summed E-state index contributed by atoms with van der Waals surface area (Å²) in [5.41, 5.74) is 0.958. The van der Waals surface area contributed by atoms with Gasteiger partial charge in [-0.2, -0.15) is 0 Å². The van der Waals surface area contributed by atoms with Gasteiger partial charge in [-0.25, -0.2) is 0 Å². The van der Waals surface area contributed by atoms with Gasteiger partial charge in [-0.1, -0.05) is 29.3 Å². The van der Waals surface area contributed by atoms with E-state index >= 15 is 0 Å². The van der Waals surface area contributed by atoms with Crippen molar-refractivity contribution in [2.75, 3.05) is 7.05 Å². The number of aliphatic hydroxyl groups excluding tert-OH is 1. The first-order chi connectivity index (χ1) is 6.50. The lowest BCUT2D eigenvalue weighted by molar-refractivity contribution is 0.0329. The Bertz CT molecular complexity index is 315. The zero-order valence-corrected chi connectivity index (χ0v) is 9.68. The topological polar surface area (TPSA) is 23.5 Å². The summed E-state index contributed by atoms with van der Waals surface area (Å²) >= 11 is 11.8. The maximum absolute atomic E-state index is 9.28. The van der Waals surface area contributed by atoms with Crippen LogP contribution < -0.4 is 0 Å². The highest BCUT2D eigenvalue weighted by molar-refractivity contribution is 6.35. The molecule has 0 heterocycles. The molecule has 0 saturated heterocycles. The van der Waals surface area contributed by atoms with Crippen molar-refractivity contribution in [1.82, 2.24) is 4.90 Å². The monoisotopic (exact) mass is 233 g/mol. The molecule has 0 aliphatic heterocycles. The van der Waals surface area contributed by atoms with E-state index in [-0.39, 0.29) is 0 Å². The number of hydrogen-bond acceptors (Lipinski definition) is 2. The highest BCUT2D eigenvalue weighted by Gasteiger charge is 2.08. The Kier molecular flexibility index (Phi) is 4.20. The van der Waals surface area contributed by atoms with Crippen molar-refractivity contribution < 1.29 is 5.11 Å². The van der Waals surface area contributed by atoms with Crippen LogP contribution in [0.1, 0.15) is 12.5 Å². The van der Waals surface area contributed by atoms with Crippen LogP contribution in [0, 0.1) is 0 Å². The number of aliphatic hydroxyl groups is 1. The highest BCUT2D eigenvalue weighted by atomic mass is 35.5. The van der Waals surface area contributed by atoms with Crippen LogP contribution in [0.25, 0.3) is 0 Å². The summed E-state index contributed by atoms with van der Waals surface area (Å²) in [6.45, 7) is 2.32. The normalized spacial score (nSPS) is 13.3. The molecule has 0 radical (unpaired) electrons. The summed E-state index contributed by atoms with van der Waals surface area (Å²) in [6, 6.07) is 5.36. The minimum absolute atomic E-state index is 0.484. The molecule has 1 rings (SSSR count). The summed E-state index contributed by atoms with van der Waals surface area (Å²) in [7, 11) is 1.83. The zero-order valence-electron chi connectivity index (χ0n) is 8.17. The van der Waals surface area contributed by atoms with Gasteiger partial charge in [0.1, 0.15) is 6.23 Å². The smallest absolute Gasteiger partial charge is 0.104 e. The molecule has 1 aromatic rings.